The molecule has 0 N–H and O–H groups in total. The minimum Gasteiger partial charge on any atom is -0.545 e. The summed E-state index contributed by atoms with van der Waals surface area (Å²) in [5.74, 6) is -0.403. The van der Waals surface area contributed by atoms with E-state index in [2.05, 4.69) is 26.0 Å². The molecule has 0 aliphatic carbocycles. The van der Waals surface area contributed by atoms with Gasteiger partial charge in [-0.2, -0.15) is 0 Å². The highest BCUT2D eigenvalue weighted by Crippen LogP contribution is 2.20. The fourth-order valence-electron chi connectivity index (χ4n) is 1.92. The highest BCUT2D eigenvalue weighted by atomic mass is 16.5. The first-order valence-electron chi connectivity index (χ1n) is 6.60. The van der Waals surface area contributed by atoms with Crippen LogP contribution in [-0.2, 0) is 6.61 Å². The molecule has 2 aromatic carbocycles. The minimum absolute atomic E-state index is 0.0753. The SMILES string of the molecule is CC(C)c1ccc(COc2ccccc2C(=O)[O-])cc1. The van der Waals surface area contributed by atoms with E-state index in [0.29, 0.717) is 18.3 Å². The van der Waals surface area contributed by atoms with Crippen molar-refractivity contribution in [1.29, 1.82) is 0 Å². The van der Waals surface area contributed by atoms with Crippen LogP contribution in [0.15, 0.2) is 48.5 Å². The van der Waals surface area contributed by atoms with Crippen LogP contribution in [0.1, 0.15) is 41.3 Å². The summed E-state index contributed by atoms with van der Waals surface area (Å²) in [4.78, 5) is 11.0. The second-order valence-electron chi connectivity index (χ2n) is 4.97. The van der Waals surface area contributed by atoms with Crippen molar-refractivity contribution in [3.8, 4) is 5.75 Å². The highest BCUT2D eigenvalue weighted by molar-refractivity contribution is 5.89. The molecular weight excluding hydrogens is 252 g/mol. The van der Waals surface area contributed by atoms with E-state index in [1.54, 1.807) is 18.2 Å². The molecule has 0 aromatic heterocycles. The summed E-state index contributed by atoms with van der Waals surface area (Å²) in [7, 11) is 0. The molecule has 0 aliphatic rings. The van der Waals surface area contributed by atoms with E-state index in [1.807, 2.05) is 12.1 Å². The second-order valence-corrected chi connectivity index (χ2v) is 4.97. The first kappa shape index (κ1) is 14.1. The summed E-state index contributed by atoms with van der Waals surface area (Å²) in [6, 6.07) is 14.6. The minimum atomic E-state index is -1.23. The van der Waals surface area contributed by atoms with Crippen LogP contribution in [0.5, 0.6) is 5.75 Å². The summed E-state index contributed by atoms with van der Waals surface area (Å²) in [6.45, 7) is 4.62. The number of carboxylic acid groups (broad SMARTS) is 1. The molecule has 0 saturated carbocycles. The Morgan fingerprint density at radius 3 is 2.35 bits per heavy atom. The lowest BCUT2D eigenvalue weighted by Crippen LogP contribution is -2.23. The monoisotopic (exact) mass is 269 g/mol. The molecule has 0 aliphatic heterocycles. The molecule has 104 valence electrons. The molecule has 0 radical (unpaired) electrons. The highest BCUT2D eigenvalue weighted by Gasteiger charge is 2.04. The number of aromatic carboxylic acids is 1. The van der Waals surface area contributed by atoms with Crippen molar-refractivity contribution in [3.63, 3.8) is 0 Å². The summed E-state index contributed by atoms with van der Waals surface area (Å²) in [5.41, 5.74) is 2.35. The van der Waals surface area contributed by atoms with Crippen molar-refractivity contribution in [2.24, 2.45) is 0 Å². The number of carbonyl (C=O) groups is 1. The van der Waals surface area contributed by atoms with Crippen molar-refractivity contribution in [1.82, 2.24) is 0 Å². The van der Waals surface area contributed by atoms with E-state index in [1.165, 1.54) is 11.6 Å². The molecule has 2 rings (SSSR count). The van der Waals surface area contributed by atoms with E-state index in [-0.39, 0.29) is 5.56 Å². The van der Waals surface area contributed by atoms with Gasteiger partial charge in [-0.25, -0.2) is 0 Å². The summed E-state index contributed by atoms with van der Waals surface area (Å²) in [5, 5.41) is 11.0. The van der Waals surface area contributed by atoms with Crippen molar-refractivity contribution in [2.45, 2.75) is 26.4 Å². The zero-order valence-corrected chi connectivity index (χ0v) is 11.6. The number of hydrogen-bond acceptors (Lipinski definition) is 3. The van der Waals surface area contributed by atoms with Crippen molar-refractivity contribution >= 4 is 5.97 Å². The van der Waals surface area contributed by atoms with Crippen LogP contribution in [0, 0.1) is 0 Å². The third kappa shape index (κ3) is 3.38. The van der Waals surface area contributed by atoms with Crippen molar-refractivity contribution in [2.75, 3.05) is 0 Å². The molecule has 0 spiro atoms. The van der Waals surface area contributed by atoms with Gasteiger partial charge in [0.05, 0.1) is 5.97 Å². The Kier molecular flexibility index (Phi) is 4.41. The van der Waals surface area contributed by atoms with Gasteiger partial charge in [-0.1, -0.05) is 50.2 Å². The average Bonchev–Trinajstić information content (AvgIpc) is 2.45. The van der Waals surface area contributed by atoms with Gasteiger partial charge in [-0.15, -0.1) is 0 Å². The smallest absolute Gasteiger partial charge is 0.128 e. The quantitative estimate of drug-likeness (QED) is 0.838. The Morgan fingerprint density at radius 2 is 1.75 bits per heavy atom. The molecule has 3 nitrogen and oxygen atoms in total. The fraction of sp³-hybridized carbons (Fsp3) is 0.235. The van der Waals surface area contributed by atoms with E-state index in [9.17, 15) is 9.90 Å². The predicted octanol–water partition coefficient (Wildman–Crippen LogP) is 2.75. The van der Waals surface area contributed by atoms with Crippen LogP contribution < -0.4 is 9.84 Å². The standard InChI is InChI=1S/C17H18O3/c1-12(2)14-9-7-13(8-10-14)11-20-16-6-4-3-5-15(16)17(18)19/h3-10,12H,11H2,1-2H3,(H,18,19)/p-1. The lowest BCUT2D eigenvalue weighted by molar-refractivity contribution is -0.255. The number of rotatable bonds is 5. The number of carbonyl (C=O) groups excluding carboxylic acids is 1. The second kappa shape index (κ2) is 6.24. The lowest BCUT2D eigenvalue weighted by Gasteiger charge is -2.12. The van der Waals surface area contributed by atoms with Gasteiger partial charge in [0.25, 0.3) is 0 Å². The number of benzene rings is 2. The molecule has 2 aromatic rings. The summed E-state index contributed by atoms with van der Waals surface area (Å²) >= 11 is 0. The largest absolute Gasteiger partial charge is 0.545 e. The average molecular weight is 269 g/mol. The van der Waals surface area contributed by atoms with Gasteiger partial charge in [-0.3, -0.25) is 0 Å². The van der Waals surface area contributed by atoms with E-state index >= 15 is 0 Å². The number of carboxylic acids is 1. The Morgan fingerprint density at radius 1 is 1.10 bits per heavy atom. The zero-order chi connectivity index (χ0) is 14.5. The molecule has 0 saturated heterocycles. The normalized spacial score (nSPS) is 10.6. The van der Waals surface area contributed by atoms with Crippen LogP contribution in [0.25, 0.3) is 0 Å². The van der Waals surface area contributed by atoms with Crippen LogP contribution in [0.4, 0.5) is 0 Å². The van der Waals surface area contributed by atoms with E-state index in [0.717, 1.165) is 5.56 Å². The third-order valence-electron chi connectivity index (χ3n) is 3.15. The van der Waals surface area contributed by atoms with Gasteiger partial charge in [0.1, 0.15) is 12.4 Å². The molecular formula is C17H17O3-. The maximum absolute atomic E-state index is 11.0. The molecule has 0 fully saturated rings. The van der Waals surface area contributed by atoms with Crippen LogP contribution >= 0.6 is 0 Å². The number of hydrogen-bond donors (Lipinski definition) is 0. The maximum Gasteiger partial charge on any atom is 0.128 e. The van der Waals surface area contributed by atoms with Gasteiger partial charge in [0.2, 0.25) is 0 Å². The Balaban J connectivity index is 2.07. The summed E-state index contributed by atoms with van der Waals surface area (Å²) < 4.78 is 5.56. The molecule has 3 heteroatoms. The van der Waals surface area contributed by atoms with Gasteiger partial charge < -0.3 is 14.6 Å². The van der Waals surface area contributed by atoms with Crippen LogP contribution in [0.2, 0.25) is 0 Å². The fourth-order valence-corrected chi connectivity index (χ4v) is 1.92. The van der Waals surface area contributed by atoms with Crippen molar-refractivity contribution in [3.05, 3.63) is 65.2 Å². The van der Waals surface area contributed by atoms with Crippen LogP contribution in [-0.4, -0.2) is 5.97 Å². The van der Waals surface area contributed by atoms with Gasteiger partial charge >= 0.3 is 0 Å². The Bertz CT molecular complexity index is 585. The Hall–Kier alpha value is -2.29. The number of para-hydroxylation sites is 1. The molecule has 0 bridgehead atoms. The first-order chi connectivity index (χ1) is 9.58. The predicted molar refractivity (Wildman–Crippen MR) is 75.6 cm³/mol. The zero-order valence-electron chi connectivity index (χ0n) is 11.6. The van der Waals surface area contributed by atoms with E-state index < -0.39 is 5.97 Å². The van der Waals surface area contributed by atoms with Gasteiger partial charge in [-0.05, 0) is 29.2 Å². The molecule has 0 atom stereocenters. The van der Waals surface area contributed by atoms with Crippen LogP contribution in [0.3, 0.4) is 0 Å². The number of ether oxygens (including phenoxy) is 1. The lowest BCUT2D eigenvalue weighted by atomic mass is 10.0. The topological polar surface area (TPSA) is 49.4 Å². The molecule has 0 heterocycles. The van der Waals surface area contributed by atoms with Crippen molar-refractivity contribution < 1.29 is 14.6 Å². The van der Waals surface area contributed by atoms with Gasteiger partial charge in [0, 0.05) is 5.56 Å². The Labute approximate surface area is 118 Å². The molecule has 20 heavy (non-hydrogen) atoms. The van der Waals surface area contributed by atoms with Gasteiger partial charge in [0.15, 0.2) is 0 Å². The molecule has 0 unspecified atom stereocenters. The summed E-state index contributed by atoms with van der Waals surface area (Å²) in [6.07, 6.45) is 0. The maximum atomic E-state index is 11.0. The first-order valence-corrected chi connectivity index (χ1v) is 6.60. The third-order valence-corrected chi connectivity index (χ3v) is 3.15. The molecule has 0 amide bonds. The van der Waals surface area contributed by atoms with E-state index in [4.69, 9.17) is 4.74 Å².